The standard InChI is InChI=1S/C13H19N3O/c1-9(2)13(14)7-16(8-13)12(17)11-10(3)5-4-6-15-11/h4-6,9H,7-8,14H2,1-3H3. The molecular weight excluding hydrogens is 214 g/mol. The third-order valence-electron chi connectivity index (χ3n) is 3.62. The molecule has 92 valence electrons. The van der Waals surface area contributed by atoms with Crippen molar-refractivity contribution < 1.29 is 4.79 Å². The van der Waals surface area contributed by atoms with Crippen LogP contribution in [0.5, 0.6) is 0 Å². The minimum Gasteiger partial charge on any atom is -0.333 e. The predicted molar refractivity (Wildman–Crippen MR) is 66.6 cm³/mol. The summed E-state index contributed by atoms with van der Waals surface area (Å²) in [7, 11) is 0. The Kier molecular flexibility index (Phi) is 2.91. The number of rotatable bonds is 2. The first-order chi connectivity index (χ1) is 7.94. The summed E-state index contributed by atoms with van der Waals surface area (Å²) in [5.74, 6) is 0.376. The van der Waals surface area contributed by atoms with Crippen LogP contribution in [0.4, 0.5) is 0 Å². The molecule has 2 heterocycles. The zero-order valence-corrected chi connectivity index (χ0v) is 10.6. The second-order valence-corrected chi connectivity index (χ2v) is 5.22. The molecule has 0 atom stereocenters. The summed E-state index contributed by atoms with van der Waals surface area (Å²) in [6.07, 6.45) is 1.65. The van der Waals surface area contributed by atoms with E-state index in [1.165, 1.54) is 0 Å². The Hall–Kier alpha value is -1.42. The largest absolute Gasteiger partial charge is 0.333 e. The average molecular weight is 233 g/mol. The Morgan fingerprint density at radius 3 is 2.71 bits per heavy atom. The van der Waals surface area contributed by atoms with Crippen LogP contribution in [0.1, 0.15) is 29.9 Å². The average Bonchev–Trinajstić information content (AvgIpc) is 2.24. The van der Waals surface area contributed by atoms with Gasteiger partial charge in [0, 0.05) is 19.3 Å². The second-order valence-electron chi connectivity index (χ2n) is 5.22. The molecule has 1 aromatic rings. The number of hydrogen-bond acceptors (Lipinski definition) is 3. The molecule has 4 heteroatoms. The molecule has 2 rings (SSSR count). The van der Waals surface area contributed by atoms with E-state index in [9.17, 15) is 4.79 Å². The number of carbonyl (C=O) groups excluding carboxylic acids is 1. The van der Waals surface area contributed by atoms with Crippen LogP contribution in [0.2, 0.25) is 0 Å². The maximum Gasteiger partial charge on any atom is 0.272 e. The second kappa shape index (κ2) is 4.11. The molecular formula is C13H19N3O. The normalized spacial score (nSPS) is 18.1. The molecule has 1 amide bonds. The number of aryl methyl sites for hydroxylation is 1. The molecule has 0 aliphatic carbocycles. The lowest BCUT2D eigenvalue weighted by atomic mass is 9.80. The lowest BCUT2D eigenvalue weighted by molar-refractivity contribution is 0.0269. The van der Waals surface area contributed by atoms with Gasteiger partial charge in [0.2, 0.25) is 0 Å². The molecule has 1 fully saturated rings. The minimum absolute atomic E-state index is 0.00942. The van der Waals surface area contributed by atoms with Crippen LogP contribution in [0, 0.1) is 12.8 Å². The molecule has 17 heavy (non-hydrogen) atoms. The summed E-state index contributed by atoms with van der Waals surface area (Å²) in [6.45, 7) is 7.33. The fraction of sp³-hybridized carbons (Fsp3) is 0.538. The van der Waals surface area contributed by atoms with Crippen LogP contribution in [0.15, 0.2) is 18.3 Å². The van der Waals surface area contributed by atoms with Crippen molar-refractivity contribution in [2.75, 3.05) is 13.1 Å². The molecule has 0 unspecified atom stereocenters. The van der Waals surface area contributed by atoms with E-state index in [-0.39, 0.29) is 11.4 Å². The molecule has 0 saturated carbocycles. The highest BCUT2D eigenvalue weighted by Crippen LogP contribution is 2.27. The maximum absolute atomic E-state index is 12.2. The predicted octanol–water partition coefficient (Wildman–Crippen LogP) is 1.20. The van der Waals surface area contributed by atoms with Crippen LogP contribution < -0.4 is 5.73 Å². The van der Waals surface area contributed by atoms with Crippen molar-refractivity contribution in [1.82, 2.24) is 9.88 Å². The van der Waals surface area contributed by atoms with E-state index in [1.54, 1.807) is 11.1 Å². The van der Waals surface area contributed by atoms with Crippen molar-refractivity contribution in [2.45, 2.75) is 26.3 Å². The monoisotopic (exact) mass is 233 g/mol. The summed E-state index contributed by atoms with van der Waals surface area (Å²) < 4.78 is 0. The van der Waals surface area contributed by atoms with Crippen molar-refractivity contribution >= 4 is 5.91 Å². The van der Waals surface area contributed by atoms with Gasteiger partial charge in [0.15, 0.2) is 0 Å². The van der Waals surface area contributed by atoms with Gasteiger partial charge >= 0.3 is 0 Å². The fourth-order valence-electron chi connectivity index (χ4n) is 2.03. The zero-order valence-electron chi connectivity index (χ0n) is 10.6. The Bertz CT molecular complexity index is 436. The van der Waals surface area contributed by atoms with Crippen LogP contribution in [0.25, 0.3) is 0 Å². The fourth-order valence-corrected chi connectivity index (χ4v) is 2.03. The Labute approximate surface area is 102 Å². The molecule has 1 saturated heterocycles. The first kappa shape index (κ1) is 12.0. The molecule has 1 aliphatic heterocycles. The van der Waals surface area contributed by atoms with Crippen molar-refractivity contribution in [1.29, 1.82) is 0 Å². The van der Waals surface area contributed by atoms with Gasteiger partial charge in [-0.3, -0.25) is 9.78 Å². The summed E-state index contributed by atoms with van der Waals surface area (Å²) in [5, 5.41) is 0. The molecule has 2 N–H and O–H groups in total. The smallest absolute Gasteiger partial charge is 0.272 e. The molecule has 0 aromatic carbocycles. The summed E-state index contributed by atoms with van der Waals surface area (Å²) in [5.41, 5.74) is 7.41. The maximum atomic E-state index is 12.2. The Morgan fingerprint density at radius 2 is 2.18 bits per heavy atom. The van der Waals surface area contributed by atoms with E-state index in [0.29, 0.717) is 24.7 Å². The highest BCUT2D eigenvalue weighted by Gasteiger charge is 2.44. The van der Waals surface area contributed by atoms with Gasteiger partial charge in [-0.2, -0.15) is 0 Å². The molecule has 1 aromatic heterocycles. The minimum atomic E-state index is -0.224. The summed E-state index contributed by atoms with van der Waals surface area (Å²) in [6, 6.07) is 3.74. The van der Waals surface area contributed by atoms with E-state index in [4.69, 9.17) is 5.73 Å². The van der Waals surface area contributed by atoms with Crippen molar-refractivity contribution in [3.05, 3.63) is 29.6 Å². The van der Waals surface area contributed by atoms with Crippen LogP contribution in [-0.2, 0) is 0 Å². The number of hydrogen-bond donors (Lipinski definition) is 1. The topological polar surface area (TPSA) is 59.2 Å². The number of amides is 1. The van der Waals surface area contributed by atoms with Gasteiger partial charge in [-0.05, 0) is 24.5 Å². The van der Waals surface area contributed by atoms with E-state index < -0.39 is 0 Å². The molecule has 0 bridgehead atoms. The third-order valence-corrected chi connectivity index (χ3v) is 3.62. The highest BCUT2D eigenvalue weighted by atomic mass is 16.2. The van der Waals surface area contributed by atoms with E-state index >= 15 is 0 Å². The quantitative estimate of drug-likeness (QED) is 0.835. The molecule has 4 nitrogen and oxygen atoms in total. The van der Waals surface area contributed by atoms with Gasteiger partial charge in [-0.15, -0.1) is 0 Å². The first-order valence-corrected chi connectivity index (χ1v) is 5.94. The lowest BCUT2D eigenvalue weighted by Gasteiger charge is -2.50. The van der Waals surface area contributed by atoms with Crippen molar-refractivity contribution in [2.24, 2.45) is 11.7 Å². The molecule has 0 spiro atoms. The number of nitrogens with two attached hydrogens (primary N) is 1. The number of pyridine rings is 1. The van der Waals surface area contributed by atoms with Crippen molar-refractivity contribution in [3.63, 3.8) is 0 Å². The zero-order chi connectivity index (χ0) is 12.6. The van der Waals surface area contributed by atoms with Crippen molar-refractivity contribution in [3.8, 4) is 0 Å². The van der Waals surface area contributed by atoms with Crippen LogP contribution in [0.3, 0.4) is 0 Å². The number of nitrogens with zero attached hydrogens (tertiary/aromatic N) is 2. The van der Waals surface area contributed by atoms with Gasteiger partial charge in [0.25, 0.3) is 5.91 Å². The summed E-state index contributed by atoms with van der Waals surface area (Å²) >= 11 is 0. The van der Waals surface area contributed by atoms with Gasteiger partial charge in [0.05, 0.1) is 5.54 Å². The Balaban J connectivity index is 2.08. The van der Waals surface area contributed by atoms with Gasteiger partial charge in [0.1, 0.15) is 5.69 Å². The Morgan fingerprint density at radius 1 is 1.53 bits per heavy atom. The number of aromatic nitrogens is 1. The SMILES string of the molecule is Cc1cccnc1C(=O)N1CC(N)(C(C)C)C1. The molecule has 0 radical (unpaired) electrons. The van der Waals surface area contributed by atoms with E-state index in [0.717, 1.165) is 5.56 Å². The third kappa shape index (κ3) is 2.05. The van der Waals surface area contributed by atoms with E-state index in [1.807, 2.05) is 19.1 Å². The van der Waals surface area contributed by atoms with Gasteiger partial charge in [-0.25, -0.2) is 0 Å². The van der Waals surface area contributed by atoms with Gasteiger partial charge in [-0.1, -0.05) is 19.9 Å². The lowest BCUT2D eigenvalue weighted by Crippen LogP contribution is -2.71. The first-order valence-electron chi connectivity index (χ1n) is 5.94. The van der Waals surface area contributed by atoms with E-state index in [2.05, 4.69) is 18.8 Å². The van der Waals surface area contributed by atoms with Crippen LogP contribution >= 0.6 is 0 Å². The van der Waals surface area contributed by atoms with Crippen LogP contribution in [-0.4, -0.2) is 34.4 Å². The summed E-state index contributed by atoms with van der Waals surface area (Å²) in [4.78, 5) is 18.1. The number of likely N-dealkylation sites (tertiary alicyclic amines) is 1. The highest BCUT2D eigenvalue weighted by molar-refractivity contribution is 5.94. The van der Waals surface area contributed by atoms with Gasteiger partial charge < -0.3 is 10.6 Å². The molecule has 1 aliphatic rings. The number of carbonyl (C=O) groups is 1.